The lowest BCUT2D eigenvalue weighted by Crippen LogP contribution is -2.36. The fourth-order valence-corrected chi connectivity index (χ4v) is 2.43. The van der Waals surface area contributed by atoms with E-state index in [-0.39, 0.29) is 22.8 Å². The van der Waals surface area contributed by atoms with E-state index in [9.17, 15) is 18.0 Å². The first-order valence-electron chi connectivity index (χ1n) is 6.42. The molecule has 8 nitrogen and oxygen atoms in total. The first-order valence-corrected chi connectivity index (χ1v) is 7.97. The van der Waals surface area contributed by atoms with Gasteiger partial charge >= 0.3 is 5.97 Å². The first-order chi connectivity index (χ1) is 10.2. The smallest absolute Gasteiger partial charge is 0.323 e. The third-order valence-corrected chi connectivity index (χ3v) is 3.75. The Hall–Kier alpha value is -2.13. The lowest BCUT2D eigenvalue weighted by atomic mass is 10.1. The third kappa shape index (κ3) is 4.43. The summed E-state index contributed by atoms with van der Waals surface area (Å²) >= 11 is 0. The van der Waals surface area contributed by atoms with Gasteiger partial charge in [0.15, 0.2) is 0 Å². The second kappa shape index (κ2) is 7.23. The van der Waals surface area contributed by atoms with Crippen LogP contribution in [0.25, 0.3) is 0 Å². The van der Waals surface area contributed by atoms with Crippen molar-refractivity contribution >= 4 is 21.9 Å². The van der Waals surface area contributed by atoms with Crippen molar-refractivity contribution in [3.05, 3.63) is 23.8 Å². The molecule has 22 heavy (non-hydrogen) atoms. The predicted octanol–water partition coefficient (Wildman–Crippen LogP) is 0.279. The van der Waals surface area contributed by atoms with E-state index in [1.165, 1.54) is 19.2 Å². The number of amides is 1. The summed E-state index contributed by atoms with van der Waals surface area (Å²) in [7, 11) is -2.66. The highest BCUT2D eigenvalue weighted by molar-refractivity contribution is 7.89. The number of nitrogens with two attached hydrogens (primary N) is 1. The summed E-state index contributed by atoms with van der Waals surface area (Å²) in [6.45, 7) is 1.52. The molecule has 0 fully saturated rings. The maximum Gasteiger partial charge on any atom is 0.323 e. The maximum absolute atomic E-state index is 12.5. The number of primary sulfonamides is 1. The lowest BCUT2D eigenvalue weighted by molar-refractivity contribution is -0.137. The Balaban J connectivity index is 3.31. The van der Waals surface area contributed by atoms with E-state index in [0.29, 0.717) is 6.42 Å². The molecule has 0 heterocycles. The molecule has 0 aliphatic rings. The average Bonchev–Trinajstić information content (AvgIpc) is 2.44. The summed E-state index contributed by atoms with van der Waals surface area (Å²) in [5.74, 6) is -1.65. The van der Waals surface area contributed by atoms with Crippen LogP contribution in [0.2, 0.25) is 0 Å². The zero-order valence-corrected chi connectivity index (χ0v) is 13.1. The van der Waals surface area contributed by atoms with Gasteiger partial charge < -0.3 is 14.7 Å². The van der Waals surface area contributed by atoms with E-state index >= 15 is 0 Å². The number of hydrogen-bond acceptors (Lipinski definition) is 5. The van der Waals surface area contributed by atoms with Crippen molar-refractivity contribution < 1.29 is 27.9 Å². The van der Waals surface area contributed by atoms with E-state index < -0.39 is 28.4 Å². The van der Waals surface area contributed by atoms with Crippen LogP contribution in [0, 0.1) is 0 Å². The van der Waals surface area contributed by atoms with Crippen molar-refractivity contribution in [1.29, 1.82) is 0 Å². The standard InChI is InChI=1S/C13H18N2O6S/c1-3-6-15(8-12(16)17)13(18)10-7-9(22(14,19)20)4-5-11(10)21-2/h4-5,7H,3,6,8H2,1-2H3,(H,16,17)(H2,14,19,20). The number of methoxy groups -OCH3 is 1. The number of carbonyl (C=O) groups is 2. The largest absolute Gasteiger partial charge is 0.496 e. The number of carboxylic acids is 1. The van der Waals surface area contributed by atoms with Crippen molar-refractivity contribution in [2.45, 2.75) is 18.2 Å². The molecule has 0 aliphatic heterocycles. The summed E-state index contributed by atoms with van der Waals surface area (Å²) < 4.78 is 27.8. The monoisotopic (exact) mass is 330 g/mol. The molecule has 0 saturated carbocycles. The van der Waals surface area contributed by atoms with Crippen LogP contribution >= 0.6 is 0 Å². The van der Waals surface area contributed by atoms with Crippen LogP contribution in [-0.2, 0) is 14.8 Å². The van der Waals surface area contributed by atoms with Gasteiger partial charge in [-0.25, -0.2) is 13.6 Å². The van der Waals surface area contributed by atoms with Gasteiger partial charge in [0.1, 0.15) is 12.3 Å². The fraction of sp³-hybridized carbons (Fsp3) is 0.385. The summed E-state index contributed by atoms with van der Waals surface area (Å²) in [6, 6.07) is 3.60. The third-order valence-electron chi connectivity index (χ3n) is 2.84. The van der Waals surface area contributed by atoms with Crippen LogP contribution in [0.5, 0.6) is 5.75 Å². The van der Waals surface area contributed by atoms with Gasteiger partial charge in [-0.1, -0.05) is 6.92 Å². The van der Waals surface area contributed by atoms with E-state index in [0.717, 1.165) is 11.0 Å². The number of rotatable bonds is 7. The number of aliphatic carboxylic acids is 1. The van der Waals surface area contributed by atoms with E-state index in [2.05, 4.69) is 0 Å². The van der Waals surface area contributed by atoms with Crippen LogP contribution < -0.4 is 9.88 Å². The molecular weight excluding hydrogens is 312 g/mol. The zero-order valence-electron chi connectivity index (χ0n) is 12.3. The molecular formula is C13H18N2O6S. The number of ether oxygens (including phenoxy) is 1. The summed E-state index contributed by atoms with van der Waals surface area (Å²) in [5.41, 5.74) is -0.0521. The minimum atomic E-state index is -3.99. The van der Waals surface area contributed by atoms with Crippen LogP contribution in [-0.4, -0.2) is 50.5 Å². The second-order valence-corrected chi connectivity index (χ2v) is 6.09. The molecule has 122 valence electrons. The van der Waals surface area contributed by atoms with Gasteiger partial charge in [-0.3, -0.25) is 9.59 Å². The Morgan fingerprint density at radius 1 is 1.36 bits per heavy atom. The second-order valence-electron chi connectivity index (χ2n) is 4.53. The number of hydrogen-bond donors (Lipinski definition) is 2. The molecule has 0 unspecified atom stereocenters. The van der Waals surface area contributed by atoms with Crippen molar-refractivity contribution in [3.8, 4) is 5.75 Å². The van der Waals surface area contributed by atoms with Gasteiger partial charge in [-0.15, -0.1) is 0 Å². The van der Waals surface area contributed by atoms with Gasteiger partial charge in [0.05, 0.1) is 17.6 Å². The fourth-order valence-electron chi connectivity index (χ4n) is 1.89. The van der Waals surface area contributed by atoms with Crippen LogP contribution in [0.4, 0.5) is 0 Å². The van der Waals surface area contributed by atoms with E-state index in [4.69, 9.17) is 15.0 Å². The molecule has 0 atom stereocenters. The molecule has 0 aromatic heterocycles. The van der Waals surface area contributed by atoms with Gasteiger partial charge in [0.25, 0.3) is 5.91 Å². The van der Waals surface area contributed by atoms with Crippen LogP contribution in [0.15, 0.2) is 23.1 Å². The predicted molar refractivity (Wildman–Crippen MR) is 78.2 cm³/mol. The van der Waals surface area contributed by atoms with Gasteiger partial charge in [0, 0.05) is 6.54 Å². The molecule has 0 bridgehead atoms. The van der Waals surface area contributed by atoms with Gasteiger partial charge in [-0.2, -0.15) is 0 Å². The highest BCUT2D eigenvalue weighted by Crippen LogP contribution is 2.23. The molecule has 9 heteroatoms. The average molecular weight is 330 g/mol. The van der Waals surface area contributed by atoms with Crippen LogP contribution in [0.1, 0.15) is 23.7 Å². The van der Waals surface area contributed by atoms with E-state index in [1.807, 2.05) is 0 Å². The number of carboxylic acid groups (broad SMARTS) is 1. The molecule has 0 saturated heterocycles. The van der Waals surface area contributed by atoms with Crippen molar-refractivity contribution in [2.24, 2.45) is 5.14 Å². The number of sulfonamides is 1. The number of carbonyl (C=O) groups excluding carboxylic acids is 1. The number of benzene rings is 1. The molecule has 0 spiro atoms. The highest BCUT2D eigenvalue weighted by atomic mass is 32.2. The summed E-state index contributed by atoms with van der Waals surface area (Å²) in [6.07, 6.45) is 0.552. The van der Waals surface area contributed by atoms with E-state index in [1.54, 1.807) is 6.92 Å². The highest BCUT2D eigenvalue weighted by Gasteiger charge is 2.23. The first kappa shape index (κ1) is 17.9. The van der Waals surface area contributed by atoms with Gasteiger partial charge in [-0.05, 0) is 24.6 Å². The molecule has 0 aliphatic carbocycles. The Kier molecular flexibility index (Phi) is 5.89. The molecule has 1 aromatic carbocycles. The SMILES string of the molecule is CCCN(CC(=O)O)C(=O)c1cc(S(N)(=O)=O)ccc1OC. The molecule has 0 radical (unpaired) electrons. The Bertz CT molecular complexity index is 671. The Morgan fingerprint density at radius 2 is 2.00 bits per heavy atom. The minimum Gasteiger partial charge on any atom is -0.496 e. The van der Waals surface area contributed by atoms with Crippen molar-refractivity contribution in [2.75, 3.05) is 20.2 Å². The summed E-state index contributed by atoms with van der Waals surface area (Å²) in [4.78, 5) is 24.2. The van der Waals surface area contributed by atoms with Crippen molar-refractivity contribution in [3.63, 3.8) is 0 Å². The molecule has 1 amide bonds. The minimum absolute atomic E-state index is 0.0521. The Morgan fingerprint density at radius 3 is 2.45 bits per heavy atom. The maximum atomic E-state index is 12.5. The Labute approximate surface area is 128 Å². The van der Waals surface area contributed by atoms with Crippen LogP contribution in [0.3, 0.4) is 0 Å². The quantitative estimate of drug-likeness (QED) is 0.739. The van der Waals surface area contributed by atoms with Crippen molar-refractivity contribution in [1.82, 2.24) is 4.90 Å². The zero-order chi connectivity index (χ0) is 16.9. The van der Waals surface area contributed by atoms with Gasteiger partial charge in [0.2, 0.25) is 10.0 Å². The number of nitrogens with zero attached hydrogens (tertiary/aromatic N) is 1. The molecule has 1 rings (SSSR count). The molecule has 1 aromatic rings. The summed E-state index contributed by atoms with van der Waals surface area (Å²) in [5, 5.41) is 13.9. The normalized spacial score (nSPS) is 11.0. The topological polar surface area (TPSA) is 127 Å². The molecule has 3 N–H and O–H groups in total. The lowest BCUT2D eigenvalue weighted by Gasteiger charge is -2.21.